The molecule has 1 aliphatic carbocycles. The Morgan fingerprint density at radius 1 is 1.09 bits per heavy atom. The first-order valence-corrected chi connectivity index (χ1v) is 8.99. The van der Waals surface area contributed by atoms with Crippen LogP contribution in [0.3, 0.4) is 0 Å². The van der Waals surface area contributed by atoms with Crippen molar-refractivity contribution in [2.24, 2.45) is 11.7 Å². The molecule has 130 valence electrons. The topological polar surface area (TPSA) is 75.9 Å². The van der Waals surface area contributed by atoms with Gasteiger partial charge in [-0.2, -0.15) is 0 Å². The summed E-state index contributed by atoms with van der Waals surface area (Å²) >= 11 is 0. The van der Waals surface area contributed by atoms with Crippen molar-refractivity contribution in [3.05, 3.63) is 0 Å². The van der Waals surface area contributed by atoms with Crippen LogP contribution >= 0.6 is 0 Å². The molecule has 2 saturated heterocycles. The van der Waals surface area contributed by atoms with Gasteiger partial charge in [0.2, 0.25) is 5.91 Å². The number of fused-ring (bicyclic) bond motifs is 1. The van der Waals surface area contributed by atoms with Gasteiger partial charge in [-0.15, -0.1) is 0 Å². The Labute approximate surface area is 138 Å². The summed E-state index contributed by atoms with van der Waals surface area (Å²) in [7, 11) is 1.39. The van der Waals surface area contributed by atoms with E-state index in [0.29, 0.717) is 19.1 Å². The van der Waals surface area contributed by atoms with Crippen LogP contribution in [0.5, 0.6) is 0 Å². The molecule has 0 aromatic carbocycles. The highest BCUT2D eigenvalue weighted by Crippen LogP contribution is 2.29. The summed E-state index contributed by atoms with van der Waals surface area (Å²) in [5, 5.41) is 0. The lowest BCUT2D eigenvalue weighted by Gasteiger charge is -2.43. The van der Waals surface area contributed by atoms with Crippen LogP contribution in [0, 0.1) is 5.92 Å². The smallest absolute Gasteiger partial charge is 0.329 e. The second-order valence-electron chi connectivity index (χ2n) is 7.24. The lowest BCUT2D eigenvalue weighted by Crippen LogP contribution is -2.64. The maximum Gasteiger partial charge on any atom is 0.329 e. The molecule has 3 atom stereocenters. The van der Waals surface area contributed by atoms with Gasteiger partial charge < -0.3 is 15.4 Å². The van der Waals surface area contributed by atoms with Crippen molar-refractivity contribution < 1.29 is 14.3 Å². The van der Waals surface area contributed by atoms with Crippen LogP contribution in [0.2, 0.25) is 0 Å². The first-order valence-electron chi connectivity index (χ1n) is 8.99. The number of ether oxygens (including phenoxy) is 1. The molecule has 0 unspecified atom stereocenters. The Bertz CT molecular complexity index is 450. The fourth-order valence-corrected chi connectivity index (χ4v) is 4.49. The lowest BCUT2D eigenvalue weighted by molar-refractivity contribution is -0.158. The molecule has 0 aromatic heterocycles. The van der Waals surface area contributed by atoms with Gasteiger partial charge in [0.1, 0.15) is 6.04 Å². The summed E-state index contributed by atoms with van der Waals surface area (Å²) in [4.78, 5) is 29.2. The molecule has 1 saturated carbocycles. The zero-order valence-corrected chi connectivity index (χ0v) is 14.1. The molecule has 0 bridgehead atoms. The van der Waals surface area contributed by atoms with Crippen molar-refractivity contribution in [1.82, 2.24) is 9.80 Å². The lowest BCUT2D eigenvalue weighted by atomic mass is 9.83. The largest absolute Gasteiger partial charge is 0.467 e. The maximum atomic E-state index is 13.0. The number of carbonyl (C=O) groups excluding carboxylic acids is 2. The molecule has 3 rings (SSSR count). The summed E-state index contributed by atoms with van der Waals surface area (Å²) in [6.45, 7) is 2.20. The van der Waals surface area contributed by atoms with Crippen LogP contribution in [0.25, 0.3) is 0 Å². The minimum Gasteiger partial charge on any atom is -0.467 e. The van der Waals surface area contributed by atoms with Crippen molar-refractivity contribution in [2.75, 3.05) is 26.7 Å². The number of nitrogens with zero attached hydrogens (tertiary/aromatic N) is 2. The fraction of sp³-hybridized carbons (Fsp3) is 0.882. The predicted molar refractivity (Wildman–Crippen MR) is 86.7 cm³/mol. The summed E-state index contributed by atoms with van der Waals surface area (Å²) in [5.41, 5.74) is 6.31. The van der Waals surface area contributed by atoms with E-state index in [9.17, 15) is 9.59 Å². The SMILES string of the molecule is COC(=O)[C@@H]1CN2CCC[C@@H]2CN1C(=O)[C@@H](N)C1CCCCC1. The van der Waals surface area contributed by atoms with Gasteiger partial charge in [-0.1, -0.05) is 19.3 Å². The molecule has 0 spiro atoms. The van der Waals surface area contributed by atoms with Crippen molar-refractivity contribution in [1.29, 1.82) is 0 Å². The Morgan fingerprint density at radius 2 is 1.83 bits per heavy atom. The van der Waals surface area contributed by atoms with Crippen molar-refractivity contribution in [3.63, 3.8) is 0 Å². The first kappa shape index (κ1) is 16.7. The molecule has 6 nitrogen and oxygen atoms in total. The van der Waals surface area contributed by atoms with Crippen LogP contribution in [0.15, 0.2) is 0 Å². The molecular weight excluding hydrogens is 294 g/mol. The van der Waals surface area contributed by atoms with Gasteiger partial charge in [0, 0.05) is 19.1 Å². The number of rotatable bonds is 3. The Kier molecular flexibility index (Phi) is 5.21. The van der Waals surface area contributed by atoms with E-state index in [1.54, 1.807) is 4.90 Å². The summed E-state index contributed by atoms with van der Waals surface area (Å²) in [6.07, 6.45) is 7.83. The van der Waals surface area contributed by atoms with E-state index in [1.165, 1.54) is 13.5 Å². The standard InChI is InChI=1S/C17H29N3O3/c1-23-17(22)14-11-19-9-5-8-13(19)10-20(14)16(21)15(18)12-6-3-2-4-7-12/h12-15H,2-11,18H2,1H3/t13-,14+,15+/m1/s1. The minimum atomic E-state index is -0.503. The molecule has 1 amide bonds. The maximum absolute atomic E-state index is 13.0. The Balaban J connectivity index is 1.73. The third-order valence-corrected chi connectivity index (χ3v) is 5.89. The minimum absolute atomic E-state index is 0.0566. The van der Waals surface area contributed by atoms with Crippen LogP contribution in [-0.4, -0.2) is 66.5 Å². The van der Waals surface area contributed by atoms with E-state index >= 15 is 0 Å². The molecular formula is C17H29N3O3. The highest BCUT2D eigenvalue weighted by atomic mass is 16.5. The van der Waals surface area contributed by atoms with Crippen molar-refractivity contribution in [2.45, 2.75) is 63.1 Å². The van der Waals surface area contributed by atoms with Gasteiger partial charge in [-0.05, 0) is 38.1 Å². The number of methoxy groups -OCH3 is 1. The quantitative estimate of drug-likeness (QED) is 0.776. The number of hydrogen-bond acceptors (Lipinski definition) is 5. The van der Waals surface area contributed by atoms with Gasteiger partial charge in [0.15, 0.2) is 0 Å². The number of amides is 1. The van der Waals surface area contributed by atoms with Crippen LogP contribution in [0.4, 0.5) is 0 Å². The molecule has 23 heavy (non-hydrogen) atoms. The zero-order chi connectivity index (χ0) is 16.4. The van der Waals surface area contributed by atoms with Crippen molar-refractivity contribution in [3.8, 4) is 0 Å². The normalized spacial score (nSPS) is 30.8. The molecule has 6 heteroatoms. The Hall–Kier alpha value is -1.14. The van der Waals surface area contributed by atoms with Gasteiger partial charge in [-0.3, -0.25) is 9.69 Å². The van der Waals surface area contributed by atoms with Gasteiger partial charge in [0.05, 0.1) is 13.2 Å². The highest BCUT2D eigenvalue weighted by molar-refractivity contribution is 5.88. The van der Waals surface area contributed by atoms with Crippen LogP contribution in [0.1, 0.15) is 44.9 Å². The van der Waals surface area contributed by atoms with Crippen LogP contribution in [-0.2, 0) is 14.3 Å². The van der Waals surface area contributed by atoms with Gasteiger partial charge in [-0.25, -0.2) is 4.79 Å². The number of piperazine rings is 1. The first-order chi connectivity index (χ1) is 11.1. The second kappa shape index (κ2) is 7.18. The zero-order valence-electron chi connectivity index (χ0n) is 14.1. The monoisotopic (exact) mass is 323 g/mol. The molecule has 3 aliphatic rings. The average Bonchev–Trinajstić information content (AvgIpc) is 3.06. The second-order valence-corrected chi connectivity index (χ2v) is 7.24. The number of hydrogen-bond donors (Lipinski definition) is 1. The van der Waals surface area contributed by atoms with Gasteiger partial charge in [0.25, 0.3) is 0 Å². The summed E-state index contributed by atoms with van der Waals surface area (Å²) in [5.74, 6) is -0.116. The van der Waals surface area contributed by atoms with E-state index in [1.807, 2.05) is 0 Å². The van der Waals surface area contributed by atoms with E-state index in [0.717, 1.165) is 45.1 Å². The van der Waals surface area contributed by atoms with Crippen molar-refractivity contribution >= 4 is 11.9 Å². The van der Waals surface area contributed by atoms with Crippen LogP contribution < -0.4 is 5.73 Å². The van der Waals surface area contributed by atoms with E-state index in [2.05, 4.69) is 4.90 Å². The van der Waals surface area contributed by atoms with E-state index in [-0.39, 0.29) is 17.8 Å². The summed E-state index contributed by atoms with van der Waals surface area (Å²) < 4.78 is 4.94. The number of esters is 1. The number of nitrogens with two attached hydrogens (primary N) is 1. The average molecular weight is 323 g/mol. The predicted octanol–water partition coefficient (Wildman–Crippen LogP) is 0.742. The third-order valence-electron chi connectivity index (χ3n) is 5.89. The molecule has 2 aliphatic heterocycles. The fourth-order valence-electron chi connectivity index (χ4n) is 4.49. The molecule has 2 heterocycles. The Morgan fingerprint density at radius 3 is 2.52 bits per heavy atom. The molecule has 0 radical (unpaired) electrons. The number of carbonyl (C=O) groups is 2. The van der Waals surface area contributed by atoms with Gasteiger partial charge >= 0.3 is 5.97 Å². The van der Waals surface area contributed by atoms with E-state index < -0.39 is 12.1 Å². The highest BCUT2D eigenvalue weighted by Gasteiger charge is 2.44. The third kappa shape index (κ3) is 3.38. The molecule has 2 N–H and O–H groups in total. The molecule has 3 fully saturated rings. The van der Waals surface area contributed by atoms with E-state index in [4.69, 9.17) is 10.5 Å². The molecule has 0 aromatic rings. The summed E-state index contributed by atoms with van der Waals surface area (Å²) in [6, 6.07) is -0.606.